The first-order valence-corrected chi connectivity index (χ1v) is 7.22. The second kappa shape index (κ2) is 7.13. The van der Waals surface area contributed by atoms with Crippen molar-refractivity contribution >= 4 is 11.7 Å². The van der Waals surface area contributed by atoms with E-state index in [2.05, 4.69) is 10.6 Å². The van der Waals surface area contributed by atoms with Gasteiger partial charge in [-0.2, -0.15) is 0 Å². The van der Waals surface area contributed by atoms with Crippen molar-refractivity contribution in [1.29, 1.82) is 0 Å². The van der Waals surface area contributed by atoms with Crippen LogP contribution in [-0.2, 0) is 0 Å². The molecule has 0 unspecified atom stereocenters. The van der Waals surface area contributed by atoms with E-state index in [-0.39, 0.29) is 24.6 Å². The Balaban J connectivity index is 1.88. The molecular weight excluding hydrogens is 268 g/mol. The lowest BCUT2D eigenvalue weighted by Gasteiger charge is -2.14. The highest BCUT2D eigenvalue weighted by molar-refractivity contribution is 5.89. The SMILES string of the molecule is CCOc1ccc(NC(=O)N[C@@H]2C=C[C@H](CO)C2)cc1C. The quantitative estimate of drug-likeness (QED) is 0.729. The van der Waals surface area contributed by atoms with Crippen LogP contribution in [0.4, 0.5) is 10.5 Å². The number of carbonyl (C=O) groups is 1. The summed E-state index contributed by atoms with van der Waals surface area (Å²) in [6.07, 6.45) is 4.60. The average molecular weight is 290 g/mol. The molecule has 2 amide bonds. The molecule has 5 nitrogen and oxygen atoms in total. The van der Waals surface area contributed by atoms with Crippen LogP contribution in [0.2, 0.25) is 0 Å². The lowest BCUT2D eigenvalue weighted by atomic mass is 10.1. The Morgan fingerprint density at radius 1 is 1.43 bits per heavy atom. The van der Waals surface area contributed by atoms with Crippen LogP contribution in [0.25, 0.3) is 0 Å². The van der Waals surface area contributed by atoms with Crippen molar-refractivity contribution in [3.8, 4) is 5.75 Å². The molecule has 0 saturated carbocycles. The summed E-state index contributed by atoms with van der Waals surface area (Å²) in [5.74, 6) is 0.969. The third-order valence-electron chi connectivity index (χ3n) is 3.46. The van der Waals surface area contributed by atoms with Gasteiger partial charge < -0.3 is 20.5 Å². The van der Waals surface area contributed by atoms with E-state index in [1.807, 2.05) is 44.2 Å². The molecule has 0 aliphatic heterocycles. The highest BCUT2D eigenvalue weighted by Crippen LogP contribution is 2.22. The number of hydrogen-bond acceptors (Lipinski definition) is 3. The first kappa shape index (κ1) is 15.4. The summed E-state index contributed by atoms with van der Waals surface area (Å²) < 4.78 is 5.47. The summed E-state index contributed by atoms with van der Waals surface area (Å²) in [7, 11) is 0. The van der Waals surface area contributed by atoms with Gasteiger partial charge in [-0.15, -0.1) is 0 Å². The van der Waals surface area contributed by atoms with Gasteiger partial charge in [-0.1, -0.05) is 12.2 Å². The van der Waals surface area contributed by atoms with Crippen LogP contribution >= 0.6 is 0 Å². The van der Waals surface area contributed by atoms with Crippen LogP contribution in [0.15, 0.2) is 30.4 Å². The fraction of sp³-hybridized carbons (Fsp3) is 0.438. The molecule has 0 fully saturated rings. The molecule has 0 saturated heterocycles. The Kier molecular flexibility index (Phi) is 5.22. The number of ether oxygens (including phenoxy) is 1. The molecule has 3 N–H and O–H groups in total. The molecule has 5 heteroatoms. The number of aryl methyl sites for hydroxylation is 1. The molecule has 0 heterocycles. The number of aliphatic hydroxyl groups is 1. The van der Waals surface area contributed by atoms with E-state index in [0.29, 0.717) is 6.61 Å². The third-order valence-corrected chi connectivity index (χ3v) is 3.46. The molecule has 0 aromatic heterocycles. The molecule has 1 aromatic carbocycles. The number of hydrogen-bond donors (Lipinski definition) is 3. The number of urea groups is 1. The zero-order valence-corrected chi connectivity index (χ0v) is 12.4. The van der Waals surface area contributed by atoms with Crippen molar-refractivity contribution < 1.29 is 14.6 Å². The van der Waals surface area contributed by atoms with E-state index in [1.54, 1.807) is 0 Å². The molecule has 0 bridgehead atoms. The molecule has 1 aliphatic carbocycles. The van der Waals surface area contributed by atoms with Crippen molar-refractivity contribution in [3.63, 3.8) is 0 Å². The molecule has 114 valence electrons. The number of benzene rings is 1. The summed E-state index contributed by atoms with van der Waals surface area (Å²) in [5, 5.41) is 14.7. The van der Waals surface area contributed by atoms with E-state index in [0.717, 1.165) is 23.4 Å². The fourth-order valence-corrected chi connectivity index (χ4v) is 2.40. The van der Waals surface area contributed by atoms with Gasteiger partial charge >= 0.3 is 6.03 Å². The van der Waals surface area contributed by atoms with Crippen LogP contribution < -0.4 is 15.4 Å². The van der Waals surface area contributed by atoms with Crippen LogP contribution in [0.1, 0.15) is 18.9 Å². The van der Waals surface area contributed by atoms with Gasteiger partial charge in [0.15, 0.2) is 0 Å². The van der Waals surface area contributed by atoms with Crippen molar-refractivity contribution in [3.05, 3.63) is 35.9 Å². The summed E-state index contributed by atoms with van der Waals surface area (Å²) in [5.41, 5.74) is 1.71. The summed E-state index contributed by atoms with van der Waals surface area (Å²) in [6.45, 7) is 4.62. The monoisotopic (exact) mass is 290 g/mol. The molecule has 1 aliphatic rings. The Morgan fingerprint density at radius 3 is 2.86 bits per heavy atom. The molecule has 1 aromatic rings. The smallest absolute Gasteiger partial charge is 0.319 e. The van der Waals surface area contributed by atoms with Crippen LogP contribution in [-0.4, -0.2) is 30.4 Å². The van der Waals surface area contributed by atoms with E-state index in [4.69, 9.17) is 9.84 Å². The molecule has 2 rings (SSSR count). The van der Waals surface area contributed by atoms with Gasteiger partial charge in [0.2, 0.25) is 0 Å². The van der Waals surface area contributed by atoms with Gasteiger partial charge in [-0.05, 0) is 44.0 Å². The minimum atomic E-state index is -0.244. The van der Waals surface area contributed by atoms with Crippen LogP contribution in [0.3, 0.4) is 0 Å². The van der Waals surface area contributed by atoms with Gasteiger partial charge in [0.25, 0.3) is 0 Å². The van der Waals surface area contributed by atoms with Crippen molar-refractivity contribution in [2.24, 2.45) is 5.92 Å². The zero-order valence-electron chi connectivity index (χ0n) is 12.4. The first-order chi connectivity index (χ1) is 10.1. The number of anilines is 1. The molecule has 2 atom stereocenters. The summed E-state index contributed by atoms with van der Waals surface area (Å²) >= 11 is 0. The maximum atomic E-state index is 11.9. The van der Waals surface area contributed by atoms with E-state index < -0.39 is 0 Å². The maximum Gasteiger partial charge on any atom is 0.319 e. The summed E-state index contributed by atoms with van der Waals surface area (Å²) in [4.78, 5) is 11.9. The van der Waals surface area contributed by atoms with Gasteiger partial charge in [-0.25, -0.2) is 4.79 Å². The number of amides is 2. The van der Waals surface area contributed by atoms with E-state index in [9.17, 15) is 4.79 Å². The van der Waals surface area contributed by atoms with Crippen molar-refractivity contribution in [2.75, 3.05) is 18.5 Å². The third kappa shape index (κ3) is 4.23. The number of carbonyl (C=O) groups excluding carboxylic acids is 1. The molecule has 21 heavy (non-hydrogen) atoms. The minimum Gasteiger partial charge on any atom is -0.494 e. The Bertz CT molecular complexity index is 528. The van der Waals surface area contributed by atoms with Gasteiger partial charge in [0, 0.05) is 24.3 Å². The average Bonchev–Trinajstić information content (AvgIpc) is 2.89. The van der Waals surface area contributed by atoms with Crippen LogP contribution in [0.5, 0.6) is 5.75 Å². The molecule has 0 spiro atoms. The van der Waals surface area contributed by atoms with E-state index in [1.165, 1.54) is 0 Å². The summed E-state index contributed by atoms with van der Waals surface area (Å²) in [6, 6.07) is 5.29. The lowest BCUT2D eigenvalue weighted by Crippen LogP contribution is -2.36. The van der Waals surface area contributed by atoms with E-state index >= 15 is 0 Å². The largest absolute Gasteiger partial charge is 0.494 e. The van der Waals surface area contributed by atoms with Gasteiger partial charge in [-0.3, -0.25) is 0 Å². The number of nitrogens with one attached hydrogen (secondary N) is 2. The van der Waals surface area contributed by atoms with Gasteiger partial charge in [0.1, 0.15) is 5.75 Å². The minimum absolute atomic E-state index is 0.0223. The second-order valence-electron chi connectivity index (χ2n) is 5.18. The fourth-order valence-electron chi connectivity index (χ4n) is 2.40. The Labute approximate surface area is 125 Å². The number of aliphatic hydroxyl groups excluding tert-OH is 1. The maximum absolute atomic E-state index is 11.9. The lowest BCUT2D eigenvalue weighted by molar-refractivity contribution is 0.238. The Hall–Kier alpha value is -2.01. The van der Waals surface area contributed by atoms with Crippen molar-refractivity contribution in [1.82, 2.24) is 5.32 Å². The molecule has 0 radical (unpaired) electrons. The second-order valence-corrected chi connectivity index (χ2v) is 5.18. The predicted octanol–water partition coefficient (Wildman–Crippen LogP) is 2.45. The predicted molar refractivity (Wildman–Crippen MR) is 82.6 cm³/mol. The number of rotatable bonds is 5. The van der Waals surface area contributed by atoms with Crippen LogP contribution in [0, 0.1) is 12.8 Å². The normalized spacial score (nSPS) is 20.3. The standard InChI is InChI=1S/C16H22N2O3/c1-3-21-15-7-6-13(8-11(15)2)17-16(20)18-14-5-4-12(9-14)10-19/h4-8,12,14,19H,3,9-10H2,1-2H3,(H2,17,18,20)/t12-,14+/m0/s1. The first-order valence-electron chi connectivity index (χ1n) is 7.22. The van der Waals surface area contributed by atoms with Gasteiger partial charge in [0.05, 0.1) is 6.61 Å². The zero-order chi connectivity index (χ0) is 15.2. The highest BCUT2D eigenvalue weighted by atomic mass is 16.5. The highest BCUT2D eigenvalue weighted by Gasteiger charge is 2.19. The van der Waals surface area contributed by atoms with Crippen molar-refractivity contribution in [2.45, 2.75) is 26.3 Å². The molecular formula is C16H22N2O3. The topological polar surface area (TPSA) is 70.6 Å². The Morgan fingerprint density at radius 2 is 2.24 bits per heavy atom.